The molecule has 0 atom stereocenters. The molecule has 0 aliphatic carbocycles. The third kappa shape index (κ3) is 14.4. The van der Waals surface area contributed by atoms with Gasteiger partial charge in [0.2, 0.25) is 11.8 Å². The molecule has 8 heteroatoms. The smallest absolute Gasteiger partial charge is 0.305 e. The summed E-state index contributed by atoms with van der Waals surface area (Å²) in [6, 6.07) is 5.72. The van der Waals surface area contributed by atoms with Gasteiger partial charge in [0.1, 0.15) is 6.42 Å². The molecule has 4 N–H and O–H groups in total. The van der Waals surface area contributed by atoms with Crippen LogP contribution >= 0.6 is 0 Å². The Morgan fingerprint density at radius 3 is 2.31 bits per heavy atom. The SMILES string of the molecule is CC/C(C)=C(/C=C\C1=C(C)NCCC1)CCCNC(=O)CC(=O)NCCC(=O)O.c1ccncc1. The second kappa shape index (κ2) is 18.0. The Morgan fingerprint density at radius 2 is 1.77 bits per heavy atom. The monoisotopic (exact) mass is 484 g/mol. The molecule has 2 rings (SSSR count). The molecular formula is C27H40N4O4. The first kappa shape index (κ1) is 29.6. The highest BCUT2D eigenvalue weighted by atomic mass is 16.4. The van der Waals surface area contributed by atoms with Crippen molar-refractivity contribution in [2.75, 3.05) is 19.6 Å². The zero-order valence-electron chi connectivity index (χ0n) is 21.2. The largest absolute Gasteiger partial charge is 0.481 e. The van der Waals surface area contributed by atoms with E-state index < -0.39 is 11.9 Å². The van der Waals surface area contributed by atoms with E-state index in [4.69, 9.17) is 5.11 Å². The molecule has 0 unspecified atom stereocenters. The van der Waals surface area contributed by atoms with Gasteiger partial charge < -0.3 is 21.1 Å². The fourth-order valence-electron chi connectivity index (χ4n) is 3.33. The predicted octanol–water partition coefficient (Wildman–Crippen LogP) is 3.89. The van der Waals surface area contributed by atoms with Crippen LogP contribution in [0, 0.1) is 0 Å². The van der Waals surface area contributed by atoms with Crippen LogP contribution in [-0.2, 0) is 14.4 Å². The van der Waals surface area contributed by atoms with Crippen molar-refractivity contribution in [2.45, 2.75) is 65.7 Å². The van der Waals surface area contributed by atoms with Gasteiger partial charge in [-0.3, -0.25) is 19.4 Å². The fraction of sp³-hybridized carbons (Fsp3) is 0.481. The number of aromatic nitrogens is 1. The molecule has 0 fully saturated rings. The number of carbonyl (C=O) groups excluding carboxylic acids is 2. The van der Waals surface area contributed by atoms with Crippen LogP contribution in [0.4, 0.5) is 0 Å². The van der Waals surface area contributed by atoms with E-state index in [-0.39, 0.29) is 25.3 Å². The molecule has 1 aromatic heterocycles. The number of nitrogens with zero attached hydrogens (tertiary/aromatic N) is 1. The number of carboxylic acids is 1. The summed E-state index contributed by atoms with van der Waals surface area (Å²) in [5, 5.41) is 17.1. The molecule has 2 heterocycles. The van der Waals surface area contributed by atoms with Crippen molar-refractivity contribution >= 4 is 17.8 Å². The van der Waals surface area contributed by atoms with Crippen molar-refractivity contribution in [3.63, 3.8) is 0 Å². The van der Waals surface area contributed by atoms with Crippen LogP contribution in [0.15, 0.2) is 65.2 Å². The van der Waals surface area contributed by atoms with Gasteiger partial charge in [-0.25, -0.2) is 0 Å². The van der Waals surface area contributed by atoms with E-state index in [2.05, 4.69) is 53.9 Å². The van der Waals surface area contributed by atoms with E-state index in [0.29, 0.717) is 6.54 Å². The molecule has 1 aliphatic heterocycles. The van der Waals surface area contributed by atoms with Gasteiger partial charge in [0.25, 0.3) is 0 Å². The molecule has 0 radical (unpaired) electrons. The molecule has 0 aromatic carbocycles. The summed E-state index contributed by atoms with van der Waals surface area (Å²) in [6.07, 6.45) is 12.4. The van der Waals surface area contributed by atoms with Crippen LogP contribution in [0.25, 0.3) is 0 Å². The van der Waals surface area contributed by atoms with Crippen LogP contribution in [0.1, 0.15) is 65.7 Å². The zero-order chi connectivity index (χ0) is 25.9. The zero-order valence-corrected chi connectivity index (χ0v) is 21.2. The number of pyridine rings is 1. The molecule has 0 spiro atoms. The second-order valence-corrected chi connectivity index (χ2v) is 8.32. The van der Waals surface area contributed by atoms with Gasteiger partial charge in [-0.15, -0.1) is 0 Å². The Balaban J connectivity index is 0.000000882. The van der Waals surface area contributed by atoms with Crippen LogP contribution in [0.2, 0.25) is 0 Å². The first-order chi connectivity index (χ1) is 16.8. The van der Waals surface area contributed by atoms with E-state index >= 15 is 0 Å². The number of allylic oxidation sites excluding steroid dienone is 6. The van der Waals surface area contributed by atoms with Gasteiger partial charge in [-0.05, 0) is 69.2 Å². The van der Waals surface area contributed by atoms with Crippen molar-refractivity contribution in [1.82, 2.24) is 20.9 Å². The molecular weight excluding hydrogens is 444 g/mol. The van der Waals surface area contributed by atoms with Gasteiger partial charge in [0.15, 0.2) is 0 Å². The summed E-state index contributed by atoms with van der Waals surface area (Å²) in [5.74, 6) is -1.79. The molecule has 35 heavy (non-hydrogen) atoms. The highest BCUT2D eigenvalue weighted by Crippen LogP contribution is 2.20. The molecule has 0 bridgehead atoms. The fourth-order valence-corrected chi connectivity index (χ4v) is 3.33. The summed E-state index contributed by atoms with van der Waals surface area (Å²) in [7, 11) is 0. The minimum atomic E-state index is -0.985. The highest BCUT2D eigenvalue weighted by molar-refractivity contribution is 5.96. The number of hydrogen-bond donors (Lipinski definition) is 4. The van der Waals surface area contributed by atoms with E-state index in [0.717, 1.165) is 38.6 Å². The Kier molecular flexibility index (Phi) is 15.2. The summed E-state index contributed by atoms with van der Waals surface area (Å²) in [5.41, 5.74) is 5.22. The number of carboxylic acid groups (broad SMARTS) is 1. The van der Waals surface area contributed by atoms with Crippen molar-refractivity contribution in [1.29, 1.82) is 0 Å². The standard InChI is InChI=1S/C22H35N3O4.C5H5N/c1-4-16(2)18(9-10-19-8-6-12-23-17(19)3)7-5-13-24-20(26)15-21(27)25-14-11-22(28)29;1-2-4-6-5-3-1/h9-10,23H,4-8,11-15H2,1-3H3,(H,24,26)(H,25,27)(H,28,29);1-5H/b10-9-,18-16+;. The number of rotatable bonds is 12. The lowest BCUT2D eigenvalue weighted by Crippen LogP contribution is -2.33. The van der Waals surface area contributed by atoms with Crippen LogP contribution in [-0.4, -0.2) is 47.5 Å². The van der Waals surface area contributed by atoms with Crippen molar-refractivity contribution in [3.8, 4) is 0 Å². The Hall–Kier alpha value is -3.42. The van der Waals surface area contributed by atoms with E-state index in [9.17, 15) is 14.4 Å². The van der Waals surface area contributed by atoms with E-state index in [1.165, 1.54) is 22.4 Å². The third-order valence-electron chi connectivity index (χ3n) is 5.55. The maximum Gasteiger partial charge on any atom is 0.305 e. The van der Waals surface area contributed by atoms with Gasteiger partial charge in [-0.1, -0.05) is 30.7 Å². The average Bonchev–Trinajstić information content (AvgIpc) is 2.85. The number of nitrogens with one attached hydrogen (secondary N) is 3. The van der Waals surface area contributed by atoms with Crippen molar-refractivity contribution < 1.29 is 19.5 Å². The normalized spacial score (nSPS) is 13.8. The molecule has 1 aliphatic rings. The number of aliphatic carboxylic acids is 1. The minimum Gasteiger partial charge on any atom is -0.481 e. The number of hydrogen-bond acceptors (Lipinski definition) is 5. The van der Waals surface area contributed by atoms with Crippen LogP contribution < -0.4 is 16.0 Å². The molecule has 192 valence electrons. The molecule has 2 amide bonds. The second-order valence-electron chi connectivity index (χ2n) is 8.32. The van der Waals surface area contributed by atoms with Crippen LogP contribution in [0.3, 0.4) is 0 Å². The summed E-state index contributed by atoms with van der Waals surface area (Å²) in [6.45, 7) is 7.96. The predicted molar refractivity (Wildman–Crippen MR) is 138 cm³/mol. The summed E-state index contributed by atoms with van der Waals surface area (Å²) >= 11 is 0. The van der Waals surface area contributed by atoms with E-state index in [1.807, 2.05) is 18.2 Å². The molecule has 0 saturated heterocycles. The quantitative estimate of drug-likeness (QED) is 0.203. The number of amides is 2. The molecule has 0 saturated carbocycles. The first-order valence-corrected chi connectivity index (χ1v) is 12.2. The summed E-state index contributed by atoms with van der Waals surface area (Å²) in [4.78, 5) is 37.6. The first-order valence-electron chi connectivity index (χ1n) is 12.2. The van der Waals surface area contributed by atoms with Crippen molar-refractivity contribution in [2.24, 2.45) is 0 Å². The lowest BCUT2D eigenvalue weighted by atomic mass is 9.98. The maximum absolute atomic E-state index is 11.8. The third-order valence-corrected chi connectivity index (χ3v) is 5.55. The highest BCUT2D eigenvalue weighted by Gasteiger charge is 2.10. The molecule has 8 nitrogen and oxygen atoms in total. The lowest BCUT2D eigenvalue weighted by Gasteiger charge is -2.17. The van der Waals surface area contributed by atoms with Crippen LogP contribution in [0.5, 0.6) is 0 Å². The topological polar surface area (TPSA) is 120 Å². The minimum absolute atomic E-state index is 0.0314. The van der Waals surface area contributed by atoms with Gasteiger partial charge in [0, 0.05) is 37.7 Å². The van der Waals surface area contributed by atoms with Crippen molar-refractivity contribution in [3.05, 3.63) is 65.2 Å². The Labute approximate surface area is 209 Å². The van der Waals surface area contributed by atoms with Gasteiger partial charge in [-0.2, -0.15) is 0 Å². The van der Waals surface area contributed by atoms with Gasteiger partial charge >= 0.3 is 5.97 Å². The average molecular weight is 485 g/mol. The molecule has 1 aromatic rings. The lowest BCUT2D eigenvalue weighted by molar-refractivity contribution is -0.136. The Bertz CT molecular complexity index is 865. The number of carbonyl (C=O) groups is 3. The van der Waals surface area contributed by atoms with E-state index in [1.54, 1.807) is 12.4 Å². The Morgan fingerprint density at radius 1 is 1.09 bits per heavy atom. The van der Waals surface area contributed by atoms with Gasteiger partial charge in [0.05, 0.1) is 6.42 Å². The summed E-state index contributed by atoms with van der Waals surface area (Å²) < 4.78 is 0. The maximum atomic E-state index is 11.8.